The number of carbonyl (C=O) groups excluding carboxylic acids is 1. The molecule has 1 aliphatic carbocycles. The smallest absolute Gasteiger partial charge is 0.291 e. The van der Waals surface area contributed by atoms with Crippen LogP contribution in [0.5, 0.6) is 0 Å². The van der Waals surface area contributed by atoms with Crippen LogP contribution in [-0.2, 0) is 12.1 Å². The number of aromatic nitrogens is 2. The number of amides is 1. The van der Waals surface area contributed by atoms with Gasteiger partial charge >= 0.3 is 0 Å². The minimum absolute atomic E-state index is 0.0782. The number of rotatable bonds is 3. The topological polar surface area (TPSA) is 38.1 Å². The van der Waals surface area contributed by atoms with Gasteiger partial charge in [-0.3, -0.25) is 4.79 Å². The summed E-state index contributed by atoms with van der Waals surface area (Å²) in [5.74, 6) is 1.37. The predicted molar refractivity (Wildman–Crippen MR) is 90.1 cm³/mol. The quantitative estimate of drug-likeness (QED) is 0.867. The van der Waals surface area contributed by atoms with Crippen LogP contribution >= 0.6 is 0 Å². The minimum Gasteiger partial charge on any atom is -0.318 e. The molecule has 0 radical (unpaired) electrons. The Morgan fingerprint density at radius 2 is 1.87 bits per heavy atom. The molecule has 2 heterocycles. The highest BCUT2D eigenvalue weighted by atomic mass is 16.2. The highest BCUT2D eigenvalue weighted by Crippen LogP contribution is 2.33. The van der Waals surface area contributed by atoms with Crippen LogP contribution in [0, 0.1) is 5.92 Å². The molecule has 2 aromatic rings. The van der Waals surface area contributed by atoms with E-state index in [1.54, 1.807) is 0 Å². The molecular weight excluding hydrogens is 286 g/mol. The Kier molecular flexibility index (Phi) is 3.12. The summed E-state index contributed by atoms with van der Waals surface area (Å²) in [5.41, 5.74) is 3.62. The van der Waals surface area contributed by atoms with Gasteiger partial charge in [-0.05, 0) is 35.3 Å². The van der Waals surface area contributed by atoms with E-state index in [4.69, 9.17) is 0 Å². The third kappa shape index (κ3) is 2.56. The first kappa shape index (κ1) is 14.5. The van der Waals surface area contributed by atoms with Gasteiger partial charge in [-0.1, -0.05) is 45.0 Å². The molecule has 1 aromatic carbocycles. The third-order valence-corrected chi connectivity index (χ3v) is 4.87. The van der Waals surface area contributed by atoms with Gasteiger partial charge in [0.15, 0.2) is 0 Å². The van der Waals surface area contributed by atoms with Crippen molar-refractivity contribution in [2.24, 2.45) is 5.92 Å². The van der Waals surface area contributed by atoms with Gasteiger partial charge in [0, 0.05) is 6.54 Å². The molecule has 0 bridgehead atoms. The first-order valence-electron chi connectivity index (χ1n) is 8.39. The van der Waals surface area contributed by atoms with Gasteiger partial charge in [0.1, 0.15) is 0 Å². The lowest BCUT2D eigenvalue weighted by molar-refractivity contribution is 0.0758. The van der Waals surface area contributed by atoms with Crippen LogP contribution in [0.2, 0.25) is 0 Å². The van der Waals surface area contributed by atoms with Crippen molar-refractivity contribution in [2.45, 2.75) is 45.7 Å². The van der Waals surface area contributed by atoms with Crippen molar-refractivity contribution in [3.63, 3.8) is 0 Å². The second-order valence-electron chi connectivity index (χ2n) is 7.83. The summed E-state index contributed by atoms with van der Waals surface area (Å²) in [6.45, 7) is 8.17. The van der Waals surface area contributed by atoms with E-state index in [0.717, 1.165) is 17.8 Å². The molecule has 4 heteroatoms. The molecule has 0 N–H and O–H groups in total. The van der Waals surface area contributed by atoms with E-state index in [1.807, 2.05) is 11.1 Å². The summed E-state index contributed by atoms with van der Waals surface area (Å²) in [6.07, 6.45) is 4.34. The molecule has 0 atom stereocenters. The fourth-order valence-electron chi connectivity index (χ4n) is 3.19. The van der Waals surface area contributed by atoms with E-state index in [-0.39, 0.29) is 11.3 Å². The fraction of sp³-hybridized carbons (Fsp3) is 0.474. The summed E-state index contributed by atoms with van der Waals surface area (Å²) in [6, 6.07) is 8.62. The Balaban J connectivity index is 1.62. The van der Waals surface area contributed by atoms with Crippen LogP contribution in [-0.4, -0.2) is 26.9 Å². The average Bonchev–Trinajstić information content (AvgIpc) is 3.14. The lowest BCUT2D eigenvalue weighted by Gasteiger charge is -2.19. The van der Waals surface area contributed by atoms with E-state index in [2.05, 4.69) is 54.6 Å². The van der Waals surface area contributed by atoms with Crippen LogP contribution in [0.1, 0.15) is 49.8 Å². The van der Waals surface area contributed by atoms with Gasteiger partial charge in [0.25, 0.3) is 5.91 Å². The Bertz CT molecular complexity index is 748. The van der Waals surface area contributed by atoms with E-state index < -0.39 is 0 Å². The summed E-state index contributed by atoms with van der Waals surface area (Å²) in [7, 11) is 0. The number of hydrogen-bond donors (Lipinski definition) is 0. The van der Waals surface area contributed by atoms with Gasteiger partial charge in [-0.2, -0.15) is 0 Å². The molecule has 2 aliphatic rings. The maximum atomic E-state index is 12.4. The Labute approximate surface area is 137 Å². The van der Waals surface area contributed by atoms with E-state index in [1.165, 1.54) is 18.4 Å². The lowest BCUT2D eigenvalue weighted by Crippen LogP contribution is -2.27. The molecule has 0 unspecified atom stereocenters. The summed E-state index contributed by atoms with van der Waals surface area (Å²) < 4.78 is 2.05. The number of carbonyl (C=O) groups is 1. The molecule has 1 saturated carbocycles. The van der Waals surface area contributed by atoms with Gasteiger partial charge in [-0.25, -0.2) is 4.98 Å². The largest absolute Gasteiger partial charge is 0.318 e. The van der Waals surface area contributed by atoms with Crippen molar-refractivity contribution in [3.05, 3.63) is 41.9 Å². The van der Waals surface area contributed by atoms with Gasteiger partial charge < -0.3 is 9.47 Å². The lowest BCUT2D eigenvalue weighted by atomic mass is 9.86. The Morgan fingerprint density at radius 1 is 1.17 bits per heavy atom. The molecule has 1 amide bonds. The van der Waals surface area contributed by atoms with Gasteiger partial charge in [0.2, 0.25) is 5.82 Å². The van der Waals surface area contributed by atoms with Crippen LogP contribution in [0.25, 0.3) is 11.3 Å². The maximum Gasteiger partial charge on any atom is 0.291 e. The summed E-state index contributed by atoms with van der Waals surface area (Å²) in [4.78, 5) is 18.7. The average molecular weight is 309 g/mol. The predicted octanol–water partition coefficient (Wildman–Crippen LogP) is 3.67. The van der Waals surface area contributed by atoms with Crippen molar-refractivity contribution in [1.29, 1.82) is 0 Å². The van der Waals surface area contributed by atoms with Crippen molar-refractivity contribution in [2.75, 3.05) is 6.54 Å². The molecule has 1 aliphatic heterocycles. The molecule has 4 nitrogen and oxygen atoms in total. The molecule has 4 rings (SSSR count). The molecule has 1 aromatic heterocycles. The first-order chi connectivity index (χ1) is 10.9. The fourth-order valence-corrected chi connectivity index (χ4v) is 3.19. The highest BCUT2D eigenvalue weighted by molar-refractivity contribution is 5.93. The van der Waals surface area contributed by atoms with Crippen LogP contribution in [0.15, 0.2) is 30.5 Å². The van der Waals surface area contributed by atoms with E-state index >= 15 is 0 Å². The number of benzene rings is 1. The molecule has 1 fully saturated rings. The minimum atomic E-state index is 0.0782. The molecule has 23 heavy (non-hydrogen) atoms. The van der Waals surface area contributed by atoms with Gasteiger partial charge in [-0.15, -0.1) is 0 Å². The zero-order valence-corrected chi connectivity index (χ0v) is 14.0. The Hall–Kier alpha value is -2.10. The highest BCUT2D eigenvalue weighted by Gasteiger charge is 2.35. The van der Waals surface area contributed by atoms with Crippen LogP contribution in [0.3, 0.4) is 0 Å². The maximum absolute atomic E-state index is 12.4. The molecule has 0 spiro atoms. The van der Waals surface area contributed by atoms with Crippen molar-refractivity contribution in [3.8, 4) is 11.3 Å². The normalized spacial score (nSPS) is 17.7. The number of fused-ring (bicyclic) bond motifs is 1. The standard InChI is InChI=1S/C19H23N3O/c1-19(2,3)15-8-6-14(7-9-15)16-10-20-17-18(23)21(12-22(16)17)11-13-4-5-13/h6-10,13H,4-5,11-12H2,1-3H3. The monoisotopic (exact) mass is 309 g/mol. The molecule has 120 valence electrons. The van der Waals surface area contributed by atoms with Crippen molar-refractivity contribution in [1.82, 2.24) is 14.5 Å². The Morgan fingerprint density at radius 3 is 2.48 bits per heavy atom. The zero-order valence-electron chi connectivity index (χ0n) is 14.0. The summed E-state index contributed by atoms with van der Waals surface area (Å²) >= 11 is 0. The summed E-state index contributed by atoms with van der Waals surface area (Å²) in [5, 5.41) is 0. The van der Waals surface area contributed by atoms with E-state index in [0.29, 0.717) is 18.4 Å². The van der Waals surface area contributed by atoms with Crippen molar-refractivity contribution < 1.29 is 4.79 Å². The number of hydrogen-bond acceptors (Lipinski definition) is 2. The third-order valence-electron chi connectivity index (χ3n) is 4.87. The molecular formula is C19H23N3O. The van der Waals surface area contributed by atoms with Crippen LogP contribution in [0.4, 0.5) is 0 Å². The SMILES string of the molecule is CC(C)(C)c1ccc(-c2cnc3n2CN(CC2CC2)C3=O)cc1. The van der Waals surface area contributed by atoms with Crippen molar-refractivity contribution >= 4 is 5.91 Å². The van der Waals surface area contributed by atoms with Gasteiger partial charge in [0.05, 0.1) is 18.6 Å². The van der Waals surface area contributed by atoms with Crippen LogP contribution < -0.4 is 0 Å². The second kappa shape index (κ2) is 4.95. The number of nitrogens with zero attached hydrogens (tertiary/aromatic N) is 3. The zero-order chi connectivity index (χ0) is 16.2. The first-order valence-corrected chi connectivity index (χ1v) is 8.39. The number of imidazole rings is 1. The second-order valence-corrected chi connectivity index (χ2v) is 7.83. The molecule has 0 saturated heterocycles. The van der Waals surface area contributed by atoms with E-state index in [9.17, 15) is 4.79 Å².